The van der Waals surface area contributed by atoms with Crippen molar-refractivity contribution in [1.29, 1.82) is 0 Å². The molecule has 2 atom stereocenters. The van der Waals surface area contributed by atoms with Crippen LogP contribution >= 0.6 is 11.3 Å². The lowest BCUT2D eigenvalue weighted by atomic mass is 10.0. The maximum Gasteiger partial charge on any atom is 0.0985 e. The molecule has 0 radical (unpaired) electrons. The molecule has 0 bridgehead atoms. The topological polar surface area (TPSA) is 33.1 Å². The Kier molecular flexibility index (Phi) is 4.28. The van der Waals surface area contributed by atoms with Crippen LogP contribution < -0.4 is 0 Å². The number of aromatic nitrogens is 1. The predicted octanol–water partition coefficient (Wildman–Crippen LogP) is 3.63. The summed E-state index contributed by atoms with van der Waals surface area (Å²) in [6, 6.07) is 9.98. The van der Waals surface area contributed by atoms with Gasteiger partial charge in [-0.3, -0.25) is 0 Å². The molecule has 0 aliphatic rings. The number of nitrogens with zero attached hydrogens (tertiary/aromatic N) is 1. The highest BCUT2D eigenvalue weighted by atomic mass is 32.1. The van der Waals surface area contributed by atoms with E-state index in [0.29, 0.717) is 0 Å². The lowest BCUT2D eigenvalue weighted by Crippen LogP contribution is -2.12. The van der Waals surface area contributed by atoms with E-state index in [0.717, 1.165) is 16.3 Å². The summed E-state index contributed by atoms with van der Waals surface area (Å²) >= 11 is 1.60. The Morgan fingerprint density at radius 3 is 2.61 bits per heavy atom. The second-order valence-electron chi connectivity index (χ2n) is 4.38. The van der Waals surface area contributed by atoms with Gasteiger partial charge in [-0.2, -0.15) is 0 Å². The molecule has 1 N–H and O–H groups in total. The fourth-order valence-electron chi connectivity index (χ4n) is 1.67. The number of aliphatic hydroxyl groups is 1. The number of rotatable bonds is 4. The molecule has 1 aromatic heterocycles. The molecule has 0 saturated heterocycles. The van der Waals surface area contributed by atoms with E-state index in [1.807, 2.05) is 61.7 Å². The molecule has 0 fully saturated rings. The van der Waals surface area contributed by atoms with Crippen LogP contribution in [0.3, 0.4) is 0 Å². The van der Waals surface area contributed by atoms with Gasteiger partial charge in [-0.05, 0) is 12.5 Å². The normalized spacial score (nSPS) is 14.8. The van der Waals surface area contributed by atoms with Crippen LogP contribution in [0.2, 0.25) is 0 Å². The van der Waals surface area contributed by atoms with Crippen molar-refractivity contribution in [1.82, 2.24) is 4.98 Å². The van der Waals surface area contributed by atoms with Gasteiger partial charge in [0.05, 0.1) is 11.1 Å². The second-order valence-corrected chi connectivity index (χ2v) is 5.27. The highest BCUT2D eigenvalue weighted by Crippen LogP contribution is 2.23. The Labute approximate surface area is 112 Å². The van der Waals surface area contributed by atoms with Crippen molar-refractivity contribution >= 4 is 17.4 Å². The SMILES string of the molecule is Cc1csc([C@@H](C)[C@@H](O)/C=C/c2ccccc2)n1. The van der Waals surface area contributed by atoms with Crippen molar-refractivity contribution in [2.24, 2.45) is 0 Å². The minimum absolute atomic E-state index is 0.0312. The molecule has 2 rings (SSSR count). The molecule has 0 saturated carbocycles. The molecule has 1 heterocycles. The second kappa shape index (κ2) is 5.94. The first-order valence-electron chi connectivity index (χ1n) is 6.00. The first kappa shape index (κ1) is 13.0. The van der Waals surface area contributed by atoms with Gasteiger partial charge in [0.15, 0.2) is 0 Å². The van der Waals surface area contributed by atoms with E-state index >= 15 is 0 Å². The molecule has 0 spiro atoms. The van der Waals surface area contributed by atoms with Crippen molar-refractivity contribution in [3.8, 4) is 0 Å². The summed E-state index contributed by atoms with van der Waals surface area (Å²) in [7, 11) is 0. The summed E-state index contributed by atoms with van der Waals surface area (Å²) in [5, 5.41) is 13.1. The zero-order chi connectivity index (χ0) is 13.0. The van der Waals surface area contributed by atoms with Crippen LogP contribution in [-0.2, 0) is 0 Å². The van der Waals surface area contributed by atoms with Crippen molar-refractivity contribution < 1.29 is 5.11 Å². The van der Waals surface area contributed by atoms with Gasteiger partial charge in [0.2, 0.25) is 0 Å². The largest absolute Gasteiger partial charge is 0.388 e. The molecule has 0 amide bonds. The van der Waals surface area contributed by atoms with E-state index in [2.05, 4.69) is 4.98 Å². The Balaban J connectivity index is 2.04. The molecule has 0 unspecified atom stereocenters. The van der Waals surface area contributed by atoms with Crippen LogP contribution in [0.25, 0.3) is 6.08 Å². The first-order chi connectivity index (χ1) is 8.66. The van der Waals surface area contributed by atoms with E-state index < -0.39 is 6.10 Å². The molecule has 0 aliphatic heterocycles. The van der Waals surface area contributed by atoms with E-state index in [9.17, 15) is 5.11 Å². The molecule has 1 aromatic carbocycles. The highest BCUT2D eigenvalue weighted by Gasteiger charge is 2.16. The van der Waals surface area contributed by atoms with E-state index in [1.54, 1.807) is 11.3 Å². The highest BCUT2D eigenvalue weighted by molar-refractivity contribution is 7.09. The van der Waals surface area contributed by atoms with Gasteiger partial charge in [-0.25, -0.2) is 4.98 Å². The number of thiazole rings is 1. The number of hydrogen-bond donors (Lipinski definition) is 1. The molecule has 18 heavy (non-hydrogen) atoms. The summed E-state index contributed by atoms with van der Waals surface area (Å²) in [6.45, 7) is 3.97. The smallest absolute Gasteiger partial charge is 0.0985 e. The van der Waals surface area contributed by atoms with Crippen LogP contribution in [0.4, 0.5) is 0 Å². The van der Waals surface area contributed by atoms with Gasteiger partial charge in [0, 0.05) is 17.0 Å². The van der Waals surface area contributed by atoms with Crippen LogP contribution in [0.5, 0.6) is 0 Å². The number of benzene rings is 1. The molecule has 0 aliphatic carbocycles. The lowest BCUT2D eigenvalue weighted by molar-refractivity contribution is 0.197. The standard InChI is InChI=1S/C15H17NOS/c1-11-10-18-15(16-11)12(2)14(17)9-8-13-6-4-3-5-7-13/h3-10,12,14,17H,1-2H3/b9-8+/t12-,14-/m0/s1. The fourth-order valence-corrected chi connectivity index (χ4v) is 2.56. The Bertz CT molecular complexity index is 518. The monoisotopic (exact) mass is 259 g/mol. The van der Waals surface area contributed by atoms with E-state index in [4.69, 9.17) is 0 Å². The van der Waals surface area contributed by atoms with Crippen LogP contribution in [0, 0.1) is 6.92 Å². The van der Waals surface area contributed by atoms with Crippen LogP contribution in [-0.4, -0.2) is 16.2 Å². The predicted molar refractivity (Wildman–Crippen MR) is 76.7 cm³/mol. The third-order valence-electron chi connectivity index (χ3n) is 2.82. The number of hydrogen-bond acceptors (Lipinski definition) is 3. The molecular formula is C15H17NOS. The average Bonchev–Trinajstić information content (AvgIpc) is 2.83. The van der Waals surface area contributed by atoms with Crippen molar-refractivity contribution in [2.75, 3.05) is 0 Å². The summed E-state index contributed by atoms with van der Waals surface area (Å²) in [4.78, 5) is 4.41. The van der Waals surface area contributed by atoms with Crippen molar-refractivity contribution in [3.63, 3.8) is 0 Å². The minimum atomic E-state index is -0.504. The first-order valence-corrected chi connectivity index (χ1v) is 6.88. The van der Waals surface area contributed by atoms with Crippen molar-refractivity contribution in [2.45, 2.75) is 25.9 Å². The lowest BCUT2D eigenvalue weighted by Gasteiger charge is -2.12. The molecule has 94 valence electrons. The molecular weight excluding hydrogens is 242 g/mol. The maximum atomic E-state index is 10.1. The van der Waals surface area contributed by atoms with Gasteiger partial charge in [-0.15, -0.1) is 11.3 Å². The van der Waals surface area contributed by atoms with E-state index in [-0.39, 0.29) is 5.92 Å². The average molecular weight is 259 g/mol. The van der Waals surface area contributed by atoms with Crippen molar-refractivity contribution in [3.05, 3.63) is 58.1 Å². The summed E-state index contributed by atoms with van der Waals surface area (Å²) in [6.07, 6.45) is 3.27. The quantitative estimate of drug-likeness (QED) is 0.909. The molecule has 3 heteroatoms. The van der Waals surface area contributed by atoms with Gasteiger partial charge in [0.25, 0.3) is 0 Å². The summed E-state index contributed by atoms with van der Waals surface area (Å²) in [5.74, 6) is 0.0312. The van der Waals surface area contributed by atoms with E-state index in [1.165, 1.54) is 0 Å². The Hall–Kier alpha value is -1.45. The summed E-state index contributed by atoms with van der Waals surface area (Å²) in [5.41, 5.74) is 2.11. The van der Waals surface area contributed by atoms with Gasteiger partial charge < -0.3 is 5.11 Å². The number of aliphatic hydroxyl groups excluding tert-OH is 1. The zero-order valence-electron chi connectivity index (χ0n) is 10.6. The van der Waals surface area contributed by atoms with Gasteiger partial charge >= 0.3 is 0 Å². The summed E-state index contributed by atoms with van der Waals surface area (Å²) < 4.78 is 0. The zero-order valence-corrected chi connectivity index (χ0v) is 11.4. The van der Waals surface area contributed by atoms with Gasteiger partial charge in [0.1, 0.15) is 0 Å². The minimum Gasteiger partial charge on any atom is -0.388 e. The van der Waals surface area contributed by atoms with Crippen LogP contribution in [0.15, 0.2) is 41.8 Å². The third kappa shape index (κ3) is 3.28. The Morgan fingerprint density at radius 1 is 1.28 bits per heavy atom. The Morgan fingerprint density at radius 2 is 2.00 bits per heavy atom. The number of aryl methyl sites for hydroxylation is 1. The third-order valence-corrected chi connectivity index (χ3v) is 3.99. The fraction of sp³-hybridized carbons (Fsp3) is 0.267. The molecule has 2 nitrogen and oxygen atoms in total. The van der Waals surface area contributed by atoms with Gasteiger partial charge in [-0.1, -0.05) is 49.4 Å². The van der Waals surface area contributed by atoms with Crippen LogP contribution in [0.1, 0.15) is 29.1 Å². The molecule has 2 aromatic rings. The maximum absolute atomic E-state index is 10.1.